The number of nitrogens with one attached hydrogen (secondary N) is 1. The monoisotopic (exact) mass is 264 g/mol. The highest BCUT2D eigenvalue weighted by Gasteiger charge is 2.36. The first-order valence-corrected chi connectivity index (χ1v) is 7.07. The summed E-state index contributed by atoms with van der Waals surface area (Å²) in [5, 5.41) is 3.32. The van der Waals surface area contributed by atoms with Crippen molar-refractivity contribution >= 4 is 5.91 Å². The van der Waals surface area contributed by atoms with E-state index in [1.54, 1.807) is 19.0 Å². The van der Waals surface area contributed by atoms with Crippen molar-refractivity contribution in [1.82, 2.24) is 10.2 Å². The molecule has 1 N–H and O–H groups in total. The first kappa shape index (κ1) is 14.1. The van der Waals surface area contributed by atoms with Gasteiger partial charge in [0.25, 0.3) is 0 Å². The number of hydrogen-bond donors (Lipinski definition) is 1. The number of furan rings is 1. The molecule has 2 unspecified atom stereocenters. The highest BCUT2D eigenvalue weighted by molar-refractivity contribution is 5.75. The lowest BCUT2D eigenvalue weighted by Gasteiger charge is -2.09. The van der Waals surface area contributed by atoms with Crippen molar-refractivity contribution in [3.63, 3.8) is 0 Å². The molecule has 1 aliphatic carbocycles. The molecule has 106 valence electrons. The van der Waals surface area contributed by atoms with E-state index in [0.717, 1.165) is 36.9 Å². The predicted octanol–water partition coefficient (Wildman–Crippen LogP) is 2.36. The van der Waals surface area contributed by atoms with E-state index in [1.807, 2.05) is 0 Å². The van der Waals surface area contributed by atoms with Gasteiger partial charge in [-0.15, -0.1) is 0 Å². The predicted molar refractivity (Wildman–Crippen MR) is 74.9 cm³/mol. The number of carbonyl (C=O) groups is 1. The molecule has 4 heteroatoms. The Morgan fingerprint density at radius 2 is 2.21 bits per heavy atom. The van der Waals surface area contributed by atoms with Crippen LogP contribution in [-0.2, 0) is 11.3 Å². The lowest BCUT2D eigenvalue weighted by atomic mass is 10.2. The van der Waals surface area contributed by atoms with Crippen molar-refractivity contribution in [3.8, 4) is 0 Å². The van der Waals surface area contributed by atoms with Crippen LogP contribution in [0.1, 0.15) is 43.6 Å². The van der Waals surface area contributed by atoms with Crippen LogP contribution in [0.4, 0.5) is 0 Å². The summed E-state index contributed by atoms with van der Waals surface area (Å²) in [5.41, 5.74) is 0. The second kappa shape index (κ2) is 6.24. The van der Waals surface area contributed by atoms with Crippen molar-refractivity contribution in [3.05, 3.63) is 23.7 Å². The molecule has 2 atom stereocenters. The third-order valence-electron chi connectivity index (χ3n) is 3.70. The molecule has 0 radical (unpaired) electrons. The highest BCUT2D eigenvalue weighted by atomic mass is 16.3. The van der Waals surface area contributed by atoms with Crippen molar-refractivity contribution < 1.29 is 9.21 Å². The molecule has 0 spiro atoms. The van der Waals surface area contributed by atoms with Crippen LogP contribution in [0.3, 0.4) is 0 Å². The van der Waals surface area contributed by atoms with Crippen LogP contribution < -0.4 is 5.32 Å². The fourth-order valence-electron chi connectivity index (χ4n) is 2.21. The number of rotatable bonds is 7. The van der Waals surface area contributed by atoms with Gasteiger partial charge in [0.2, 0.25) is 5.91 Å². The van der Waals surface area contributed by atoms with Crippen LogP contribution >= 0.6 is 0 Å². The molecule has 1 amide bonds. The van der Waals surface area contributed by atoms with E-state index in [4.69, 9.17) is 4.42 Å². The number of carbonyl (C=O) groups excluding carboxylic acids is 1. The maximum Gasteiger partial charge on any atom is 0.222 e. The van der Waals surface area contributed by atoms with Gasteiger partial charge in [0.05, 0.1) is 6.54 Å². The first-order valence-electron chi connectivity index (χ1n) is 7.07. The molecule has 1 saturated carbocycles. The van der Waals surface area contributed by atoms with E-state index in [1.165, 1.54) is 6.42 Å². The molecule has 4 nitrogen and oxygen atoms in total. The summed E-state index contributed by atoms with van der Waals surface area (Å²) in [6.45, 7) is 3.85. The molecule has 1 heterocycles. The second-order valence-electron chi connectivity index (χ2n) is 5.69. The van der Waals surface area contributed by atoms with E-state index in [2.05, 4.69) is 24.4 Å². The molecular weight excluding hydrogens is 240 g/mol. The molecule has 1 fully saturated rings. The minimum Gasteiger partial charge on any atom is -0.464 e. The van der Waals surface area contributed by atoms with Gasteiger partial charge >= 0.3 is 0 Å². The third kappa shape index (κ3) is 4.10. The molecule has 0 aliphatic heterocycles. The summed E-state index contributed by atoms with van der Waals surface area (Å²) in [6.07, 6.45) is 2.72. The number of amides is 1. The van der Waals surface area contributed by atoms with E-state index in [0.29, 0.717) is 12.3 Å². The Bertz CT molecular complexity index is 426. The largest absolute Gasteiger partial charge is 0.464 e. The Kier molecular flexibility index (Phi) is 4.64. The third-order valence-corrected chi connectivity index (χ3v) is 3.70. The maximum absolute atomic E-state index is 11.4. The lowest BCUT2D eigenvalue weighted by Crippen LogP contribution is -2.23. The summed E-state index contributed by atoms with van der Waals surface area (Å²) >= 11 is 0. The van der Waals surface area contributed by atoms with Crippen molar-refractivity contribution in [2.75, 3.05) is 20.6 Å². The Morgan fingerprint density at radius 1 is 1.47 bits per heavy atom. The van der Waals surface area contributed by atoms with E-state index >= 15 is 0 Å². The van der Waals surface area contributed by atoms with Crippen LogP contribution in [-0.4, -0.2) is 31.4 Å². The van der Waals surface area contributed by atoms with Crippen LogP contribution in [0.15, 0.2) is 16.5 Å². The Hall–Kier alpha value is -1.29. The fourth-order valence-corrected chi connectivity index (χ4v) is 2.21. The fraction of sp³-hybridized carbons (Fsp3) is 0.667. The molecule has 1 aromatic heterocycles. The minimum atomic E-state index is 0.185. The van der Waals surface area contributed by atoms with Crippen LogP contribution in [0, 0.1) is 5.92 Å². The van der Waals surface area contributed by atoms with E-state index < -0.39 is 0 Å². The quantitative estimate of drug-likeness (QED) is 0.769. The van der Waals surface area contributed by atoms with Gasteiger partial charge in [-0.05, 0) is 37.4 Å². The molecule has 19 heavy (non-hydrogen) atoms. The van der Waals surface area contributed by atoms with Crippen LogP contribution in [0.25, 0.3) is 0 Å². The maximum atomic E-state index is 11.4. The first-order chi connectivity index (χ1) is 9.08. The van der Waals surface area contributed by atoms with Gasteiger partial charge in [0.1, 0.15) is 11.5 Å². The molecule has 1 aliphatic rings. The Labute approximate surface area is 115 Å². The van der Waals surface area contributed by atoms with E-state index in [9.17, 15) is 4.79 Å². The summed E-state index contributed by atoms with van der Waals surface area (Å²) < 4.78 is 5.81. The second-order valence-corrected chi connectivity index (χ2v) is 5.69. The molecule has 1 aromatic rings. The van der Waals surface area contributed by atoms with Gasteiger partial charge in [-0.3, -0.25) is 4.79 Å². The lowest BCUT2D eigenvalue weighted by molar-refractivity contribution is -0.128. The SMILES string of the molecule is CC1CC1c1ccc(CNCCCC(=O)N(C)C)o1. The minimum absolute atomic E-state index is 0.185. The standard InChI is InChI=1S/C15H24N2O2/c1-11-9-13(11)14-7-6-12(19-14)10-16-8-4-5-15(18)17(2)3/h6-7,11,13,16H,4-5,8-10H2,1-3H3. The highest BCUT2D eigenvalue weighted by Crippen LogP contribution is 2.47. The van der Waals surface area contributed by atoms with Crippen LogP contribution in [0.2, 0.25) is 0 Å². The average Bonchev–Trinajstić information content (AvgIpc) is 2.91. The van der Waals surface area contributed by atoms with E-state index in [-0.39, 0.29) is 5.91 Å². The number of hydrogen-bond acceptors (Lipinski definition) is 3. The van der Waals surface area contributed by atoms with Crippen molar-refractivity contribution in [2.24, 2.45) is 5.92 Å². The summed E-state index contributed by atoms with van der Waals surface area (Å²) in [4.78, 5) is 13.0. The van der Waals surface area contributed by atoms with Crippen molar-refractivity contribution in [2.45, 2.75) is 38.6 Å². The van der Waals surface area contributed by atoms with Gasteiger partial charge in [0.15, 0.2) is 0 Å². The summed E-state index contributed by atoms with van der Waals surface area (Å²) in [6, 6.07) is 4.15. The molecule has 0 bridgehead atoms. The summed E-state index contributed by atoms with van der Waals surface area (Å²) in [5.74, 6) is 3.74. The zero-order valence-corrected chi connectivity index (χ0v) is 12.1. The molecule has 0 aromatic carbocycles. The zero-order valence-electron chi connectivity index (χ0n) is 12.1. The Balaban J connectivity index is 1.61. The number of nitrogens with zero attached hydrogens (tertiary/aromatic N) is 1. The molecule has 2 rings (SSSR count). The molecule has 0 saturated heterocycles. The van der Waals surface area contributed by atoms with Gasteiger partial charge in [-0.1, -0.05) is 6.92 Å². The Morgan fingerprint density at radius 3 is 2.84 bits per heavy atom. The van der Waals surface area contributed by atoms with Gasteiger partial charge < -0.3 is 14.6 Å². The van der Waals surface area contributed by atoms with Crippen LogP contribution in [0.5, 0.6) is 0 Å². The van der Waals surface area contributed by atoms with Gasteiger partial charge in [-0.2, -0.15) is 0 Å². The molecular formula is C15H24N2O2. The van der Waals surface area contributed by atoms with Gasteiger partial charge in [-0.25, -0.2) is 0 Å². The smallest absolute Gasteiger partial charge is 0.222 e. The summed E-state index contributed by atoms with van der Waals surface area (Å²) in [7, 11) is 3.58. The van der Waals surface area contributed by atoms with Gasteiger partial charge in [0, 0.05) is 26.4 Å². The van der Waals surface area contributed by atoms with Crippen molar-refractivity contribution in [1.29, 1.82) is 0 Å². The zero-order chi connectivity index (χ0) is 13.8. The normalized spacial score (nSPS) is 21.4. The topological polar surface area (TPSA) is 45.5 Å². The average molecular weight is 264 g/mol.